The third kappa shape index (κ3) is 3.93. The van der Waals surface area contributed by atoms with E-state index in [1.165, 1.54) is 11.1 Å². The summed E-state index contributed by atoms with van der Waals surface area (Å²) >= 11 is 0. The van der Waals surface area contributed by atoms with Gasteiger partial charge in [-0.2, -0.15) is 0 Å². The van der Waals surface area contributed by atoms with E-state index in [-0.39, 0.29) is 6.10 Å². The summed E-state index contributed by atoms with van der Waals surface area (Å²) in [6, 6.07) is 21.0. The van der Waals surface area contributed by atoms with E-state index in [1.807, 2.05) is 12.1 Å². The number of aliphatic hydroxyl groups is 1. The quantitative estimate of drug-likeness (QED) is 0.931. The fraction of sp³-hybridized carbons (Fsp3) is 0.368. The maximum atomic E-state index is 10.4. The van der Waals surface area contributed by atoms with Crippen LogP contribution in [0.2, 0.25) is 0 Å². The molecule has 1 saturated heterocycles. The highest BCUT2D eigenvalue weighted by molar-refractivity contribution is 5.16. The zero-order chi connectivity index (χ0) is 14.5. The van der Waals surface area contributed by atoms with E-state index < -0.39 is 0 Å². The van der Waals surface area contributed by atoms with Crippen molar-refractivity contribution in [2.24, 2.45) is 5.92 Å². The lowest BCUT2D eigenvalue weighted by atomic mass is 9.88. The van der Waals surface area contributed by atoms with E-state index in [0.29, 0.717) is 5.92 Å². The Kier molecular flexibility index (Phi) is 4.69. The molecular formula is C19H23NO. The summed E-state index contributed by atoms with van der Waals surface area (Å²) in [7, 11) is 0. The van der Waals surface area contributed by atoms with Crippen LogP contribution in [0.4, 0.5) is 0 Å². The van der Waals surface area contributed by atoms with Gasteiger partial charge < -0.3 is 5.11 Å². The monoisotopic (exact) mass is 281 g/mol. The Morgan fingerprint density at radius 1 is 0.905 bits per heavy atom. The van der Waals surface area contributed by atoms with E-state index in [1.54, 1.807) is 0 Å². The normalized spacial score (nSPS) is 23.1. The molecule has 0 aliphatic carbocycles. The zero-order valence-electron chi connectivity index (χ0n) is 12.4. The van der Waals surface area contributed by atoms with E-state index in [0.717, 1.165) is 32.5 Å². The minimum absolute atomic E-state index is 0.220. The SMILES string of the molecule is O[C@H]1CN(Cc2ccccc2)CC[C@H]1Cc1ccccc1. The van der Waals surface area contributed by atoms with Gasteiger partial charge >= 0.3 is 0 Å². The fourth-order valence-corrected chi connectivity index (χ4v) is 3.19. The van der Waals surface area contributed by atoms with E-state index in [9.17, 15) is 5.11 Å². The van der Waals surface area contributed by atoms with Crippen LogP contribution in [-0.4, -0.2) is 29.2 Å². The molecule has 1 aliphatic heterocycles. The lowest BCUT2D eigenvalue weighted by Crippen LogP contribution is -2.44. The minimum Gasteiger partial charge on any atom is -0.391 e. The first-order valence-electron chi connectivity index (χ1n) is 7.79. The summed E-state index contributed by atoms with van der Waals surface area (Å²) in [5.74, 6) is 0.388. The molecule has 1 fully saturated rings. The van der Waals surface area contributed by atoms with Crippen molar-refractivity contribution in [3.05, 3.63) is 71.8 Å². The van der Waals surface area contributed by atoms with Crippen LogP contribution in [0, 0.1) is 5.92 Å². The van der Waals surface area contributed by atoms with Gasteiger partial charge in [-0.3, -0.25) is 4.90 Å². The number of benzene rings is 2. The molecule has 0 radical (unpaired) electrons. The van der Waals surface area contributed by atoms with Crippen LogP contribution in [0.3, 0.4) is 0 Å². The van der Waals surface area contributed by atoms with Gasteiger partial charge in [0.2, 0.25) is 0 Å². The van der Waals surface area contributed by atoms with Crippen LogP contribution in [-0.2, 0) is 13.0 Å². The maximum Gasteiger partial charge on any atom is 0.0699 e. The van der Waals surface area contributed by atoms with Crippen LogP contribution in [0.15, 0.2) is 60.7 Å². The first-order chi connectivity index (χ1) is 10.3. The van der Waals surface area contributed by atoms with Gasteiger partial charge in [0, 0.05) is 13.1 Å². The van der Waals surface area contributed by atoms with Gasteiger partial charge in [-0.05, 0) is 36.4 Å². The van der Waals surface area contributed by atoms with E-state index in [4.69, 9.17) is 0 Å². The fourth-order valence-electron chi connectivity index (χ4n) is 3.19. The standard InChI is InChI=1S/C19H23NO/c21-19-15-20(14-17-9-5-2-6-10-17)12-11-18(19)13-16-7-3-1-4-8-16/h1-10,18-19,21H,11-15H2/t18-,19-/m0/s1. The highest BCUT2D eigenvalue weighted by Crippen LogP contribution is 2.23. The van der Waals surface area contributed by atoms with Crippen molar-refractivity contribution in [3.8, 4) is 0 Å². The number of hydrogen-bond donors (Lipinski definition) is 1. The molecule has 0 aromatic heterocycles. The Morgan fingerprint density at radius 3 is 2.14 bits per heavy atom. The van der Waals surface area contributed by atoms with E-state index >= 15 is 0 Å². The average molecular weight is 281 g/mol. The van der Waals surface area contributed by atoms with Gasteiger partial charge in [-0.15, -0.1) is 0 Å². The van der Waals surface area contributed by atoms with Crippen LogP contribution >= 0.6 is 0 Å². The molecule has 2 aromatic carbocycles. The molecule has 2 aromatic rings. The molecule has 21 heavy (non-hydrogen) atoms. The smallest absolute Gasteiger partial charge is 0.0699 e. The zero-order valence-corrected chi connectivity index (χ0v) is 12.4. The largest absolute Gasteiger partial charge is 0.391 e. The van der Waals surface area contributed by atoms with Gasteiger partial charge in [0.1, 0.15) is 0 Å². The highest BCUT2D eigenvalue weighted by Gasteiger charge is 2.27. The summed E-state index contributed by atoms with van der Waals surface area (Å²) in [6.07, 6.45) is 1.84. The molecule has 0 bridgehead atoms. The molecule has 110 valence electrons. The molecule has 3 rings (SSSR count). The van der Waals surface area contributed by atoms with Gasteiger partial charge in [-0.25, -0.2) is 0 Å². The van der Waals surface area contributed by atoms with Crippen LogP contribution in [0.25, 0.3) is 0 Å². The Bertz CT molecular complexity index is 540. The van der Waals surface area contributed by atoms with Crippen molar-refractivity contribution in [3.63, 3.8) is 0 Å². The number of nitrogens with zero attached hydrogens (tertiary/aromatic N) is 1. The van der Waals surface area contributed by atoms with Gasteiger partial charge in [-0.1, -0.05) is 60.7 Å². The lowest BCUT2D eigenvalue weighted by Gasteiger charge is -2.36. The molecule has 0 saturated carbocycles. The molecule has 1 N–H and O–H groups in total. The molecule has 2 atom stereocenters. The first kappa shape index (κ1) is 14.3. The Morgan fingerprint density at radius 2 is 1.52 bits per heavy atom. The number of likely N-dealkylation sites (tertiary alicyclic amines) is 1. The average Bonchev–Trinajstić information content (AvgIpc) is 2.52. The van der Waals surface area contributed by atoms with Crippen molar-refractivity contribution < 1.29 is 5.11 Å². The van der Waals surface area contributed by atoms with Crippen LogP contribution in [0.5, 0.6) is 0 Å². The second kappa shape index (κ2) is 6.88. The summed E-state index contributed by atoms with van der Waals surface area (Å²) < 4.78 is 0. The highest BCUT2D eigenvalue weighted by atomic mass is 16.3. The predicted molar refractivity (Wildman–Crippen MR) is 86.0 cm³/mol. The first-order valence-corrected chi connectivity index (χ1v) is 7.79. The van der Waals surface area contributed by atoms with Crippen molar-refractivity contribution in [2.45, 2.75) is 25.5 Å². The van der Waals surface area contributed by atoms with Crippen molar-refractivity contribution in [2.75, 3.05) is 13.1 Å². The molecular weight excluding hydrogens is 258 g/mol. The van der Waals surface area contributed by atoms with Gasteiger partial charge in [0.05, 0.1) is 6.10 Å². The third-order valence-corrected chi connectivity index (χ3v) is 4.40. The van der Waals surface area contributed by atoms with Crippen molar-refractivity contribution in [1.82, 2.24) is 4.90 Å². The summed E-state index contributed by atoms with van der Waals surface area (Å²) in [5.41, 5.74) is 2.66. The molecule has 0 spiro atoms. The maximum absolute atomic E-state index is 10.4. The molecule has 1 heterocycles. The Balaban J connectivity index is 1.54. The van der Waals surface area contributed by atoms with Crippen LogP contribution in [0.1, 0.15) is 17.5 Å². The molecule has 0 amide bonds. The number of piperidine rings is 1. The topological polar surface area (TPSA) is 23.5 Å². The Labute approximate surface area is 127 Å². The number of hydrogen-bond acceptors (Lipinski definition) is 2. The summed E-state index contributed by atoms with van der Waals surface area (Å²) in [5, 5.41) is 10.4. The molecule has 0 unspecified atom stereocenters. The lowest BCUT2D eigenvalue weighted by molar-refractivity contribution is 0.0187. The van der Waals surface area contributed by atoms with Crippen LogP contribution < -0.4 is 0 Å². The predicted octanol–water partition coefficient (Wildman–Crippen LogP) is 3.11. The third-order valence-electron chi connectivity index (χ3n) is 4.40. The Hall–Kier alpha value is -1.64. The number of β-amino-alcohol motifs (C(OH)–C–C–N with tert-alkyl or cyclic N) is 1. The summed E-state index contributed by atoms with van der Waals surface area (Å²) in [6.45, 7) is 2.80. The number of aliphatic hydroxyl groups excluding tert-OH is 1. The molecule has 2 heteroatoms. The van der Waals surface area contributed by atoms with Crippen molar-refractivity contribution >= 4 is 0 Å². The van der Waals surface area contributed by atoms with Crippen molar-refractivity contribution in [1.29, 1.82) is 0 Å². The molecule has 2 nitrogen and oxygen atoms in total. The second-order valence-electron chi connectivity index (χ2n) is 6.03. The minimum atomic E-state index is -0.220. The van der Waals surface area contributed by atoms with Gasteiger partial charge in [0.25, 0.3) is 0 Å². The van der Waals surface area contributed by atoms with Gasteiger partial charge in [0.15, 0.2) is 0 Å². The second-order valence-corrected chi connectivity index (χ2v) is 6.03. The number of rotatable bonds is 4. The van der Waals surface area contributed by atoms with E-state index in [2.05, 4.69) is 53.4 Å². The summed E-state index contributed by atoms with van der Waals surface area (Å²) in [4.78, 5) is 2.36. The molecule has 1 aliphatic rings.